The summed E-state index contributed by atoms with van der Waals surface area (Å²) in [5.74, 6) is -1.25. The van der Waals surface area contributed by atoms with Gasteiger partial charge in [0.05, 0.1) is 11.4 Å². The van der Waals surface area contributed by atoms with Crippen molar-refractivity contribution in [2.75, 3.05) is 11.9 Å². The van der Waals surface area contributed by atoms with Crippen LogP contribution in [0.5, 0.6) is 0 Å². The third-order valence-corrected chi connectivity index (χ3v) is 7.15. The van der Waals surface area contributed by atoms with Gasteiger partial charge in [0.2, 0.25) is 5.91 Å². The van der Waals surface area contributed by atoms with Gasteiger partial charge in [0.15, 0.2) is 0 Å². The number of hydrogen-bond acceptors (Lipinski definition) is 4. The molecule has 6 nitrogen and oxygen atoms in total. The van der Waals surface area contributed by atoms with Gasteiger partial charge in [0, 0.05) is 33.9 Å². The van der Waals surface area contributed by atoms with Crippen LogP contribution in [0.25, 0.3) is 17.0 Å². The second-order valence-electron chi connectivity index (χ2n) is 8.96. The highest BCUT2D eigenvalue weighted by atomic mass is 32.2. The molecular weight excluding hydrogens is 489 g/mol. The third kappa shape index (κ3) is 5.06. The summed E-state index contributed by atoms with van der Waals surface area (Å²) in [4.78, 5) is 39.6. The van der Waals surface area contributed by atoms with E-state index in [1.54, 1.807) is 24.3 Å². The number of aryl methyl sites for hydroxylation is 2. The lowest BCUT2D eigenvalue weighted by Crippen LogP contribution is -2.36. The summed E-state index contributed by atoms with van der Waals surface area (Å²) in [7, 11) is 0. The van der Waals surface area contributed by atoms with Gasteiger partial charge >= 0.3 is 0 Å². The number of carbonyl (C=O) groups is 3. The number of nitrogens with one attached hydrogen (secondary N) is 1. The molecule has 0 radical (unpaired) electrons. The molecule has 1 fully saturated rings. The first-order valence-electron chi connectivity index (χ1n) is 11.7. The van der Waals surface area contributed by atoms with Crippen LogP contribution in [0.2, 0.25) is 0 Å². The number of halogens is 1. The number of amides is 3. The van der Waals surface area contributed by atoms with Crippen molar-refractivity contribution < 1.29 is 18.8 Å². The van der Waals surface area contributed by atoms with Crippen molar-refractivity contribution in [3.8, 4) is 0 Å². The zero-order chi connectivity index (χ0) is 26.1. The van der Waals surface area contributed by atoms with E-state index >= 15 is 0 Å². The minimum absolute atomic E-state index is 0.235. The van der Waals surface area contributed by atoms with Crippen LogP contribution in [0.3, 0.4) is 0 Å². The summed E-state index contributed by atoms with van der Waals surface area (Å²) in [5, 5.41) is 3.17. The molecule has 1 N–H and O–H groups in total. The van der Waals surface area contributed by atoms with E-state index in [0.717, 1.165) is 44.3 Å². The fourth-order valence-electron chi connectivity index (χ4n) is 4.31. The Labute approximate surface area is 217 Å². The average Bonchev–Trinajstić information content (AvgIpc) is 3.35. The standard InChI is InChI=1S/C29H24FN3O3S/c1-18-11-12-19(2)24(13-18)31-27(34)17-33-28(35)26(37-29(33)36)14-21-16-32(25-10-6-4-8-22(21)25)15-20-7-3-5-9-23(20)30/h3-14,16H,15,17H2,1-2H3,(H,31,34)/b26-14-. The summed E-state index contributed by atoms with van der Waals surface area (Å²) in [6, 6.07) is 19.9. The van der Waals surface area contributed by atoms with Crippen molar-refractivity contribution in [3.05, 3.63) is 106 Å². The molecule has 0 spiro atoms. The van der Waals surface area contributed by atoms with E-state index in [2.05, 4.69) is 5.32 Å². The first-order chi connectivity index (χ1) is 17.8. The first kappa shape index (κ1) is 24.5. The predicted octanol–water partition coefficient (Wildman–Crippen LogP) is 6.12. The van der Waals surface area contributed by atoms with E-state index in [9.17, 15) is 18.8 Å². The monoisotopic (exact) mass is 513 g/mol. The van der Waals surface area contributed by atoms with Crippen molar-refractivity contribution in [1.82, 2.24) is 9.47 Å². The average molecular weight is 514 g/mol. The smallest absolute Gasteiger partial charge is 0.294 e. The fraction of sp³-hybridized carbons (Fsp3) is 0.138. The second kappa shape index (κ2) is 10.1. The minimum Gasteiger partial charge on any atom is -0.342 e. The van der Waals surface area contributed by atoms with Crippen LogP contribution in [0.1, 0.15) is 22.3 Å². The first-order valence-corrected chi connectivity index (χ1v) is 12.6. The Morgan fingerprint density at radius 3 is 2.59 bits per heavy atom. The highest BCUT2D eigenvalue weighted by Crippen LogP contribution is 2.34. The molecule has 3 amide bonds. The number of para-hydroxylation sites is 1. The van der Waals surface area contributed by atoms with Crippen LogP contribution < -0.4 is 5.32 Å². The molecule has 0 aliphatic carbocycles. The number of carbonyl (C=O) groups excluding carboxylic acids is 3. The van der Waals surface area contributed by atoms with E-state index < -0.39 is 17.1 Å². The van der Waals surface area contributed by atoms with E-state index in [-0.39, 0.29) is 17.3 Å². The molecule has 5 rings (SSSR count). The predicted molar refractivity (Wildman–Crippen MR) is 145 cm³/mol. The molecule has 0 unspecified atom stereocenters. The molecular formula is C29H24FN3O3S. The summed E-state index contributed by atoms with van der Waals surface area (Å²) < 4.78 is 16.2. The number of thioether (sulfide) groups is 1. The Morgan fingerprint density at radius 2 is 1.78 bits per heavy atom. The van der Waals surface area contributed by atoms with Gasteiger partial charge in [-0.25, -0.2) is 4.39 Å². The van der Waals surface area contributed by atoms with Crippen LogP contribution in [-0.4, -0.2) is 33.1 Å². The summed E-state index contributed by atoms with van der Waals surface area (Å²) in [6.45, 7) is 3.75. The highest BCUT2D eigenvalue weighted by molar-refractivity contribution is 8.18. The number of aromatic nitrogens is 1. The zero-order valence-electron chi connectivity index (χ0n) is 20.3. The van der Waals surface area contributed by atoms with E-state index in [1.807, 2.05) is 67.1 Å². The lowest BCUT2D eigenvalue weighted by molar-refractivity contribution is -0.127. The van der Waals surface area contributed by atoms with Gasteiger partial charge in [-0.3, -0.25) is 19.3 Å². The second-order valence-corrected chi connectivity index (χ2v) is 9.95. The van der Waals surface area contributed by atoms with Gasteiger partial charge in [0.25, 0.3) is 11.1 Å². The normalized spacial score (nSPS) is 14.7. The Balaban J connectivity index is 1.38. The fourth-order valence-corrected chi connectivity index (χ4v) is 5.14. The van der Waals surface area contributed by atoms with Crippen molar-refractivity contribution in [2.45, 2.75) is 20.4 Å². The molecule has 1 aliphatic heterocycles. The molecule has 8 heteroatoms. The molecule has 3 aromatic carbocycles. The van der Waals surface area contributed by atoms with Gasteiger partial charge in [-0.15, -0.1) is 0 Å². The van der Waals surface area contributed by atoms with Crippen molar-refractivity contribution in [3.63, 3.8) is 0 Å². The van der Waals surface area contributed by atoms with E-state index in [4.69, 9.17) is 0 Å². The molecule has 0 saturated carbocycles. The Morgan fingerprint density at radius 1 is 1.03 bits per heavy atom. The van der Waals surface area contributed by atoms with Gasteiger partial charge in [-0.1, -0.05) is 48.5 Å². The highest BCUT2D eigenvalue weighted by Gasteiger charge is 2.36. The van der Waals surface area contributed by atoms with Gasteiger partial charge < -0.3 is 9.88 Å². The molecule has 37 heavy (non-hydrogen) atoms. The van der Waals surface area contributed by atoms with Crippen LogP contribution in [-0.2, 0) is 16.1 Å². The van der Waals surface area contributed by atoms with E-state index in [1.165, 1.54) is 6.07 Å². The number of benzene rings is 3. The topological polar surface area (TPSA) is 71.4 Å². The number of anilines is 1. The Hall–Kier alpha value is -4.17. The molecule has 2 heterocycles. The van der Waals surface area contributed by atoms with Crippen molar-refractivity contribution >= 4 is 51.5 Å². The van der Waals surface area contributed by atoms with Crippen LogP contribution in [0.15, 0.2) is 77.8 Å². The number of hydrogen-bond donors (Lipinski definition) is 1. The largest absolute Gasteiger partial charge is 0.342 e. The number of imide groups is 1. The summed E-state index contributed by atoms with van der Waals surface area (Å²) in [5.41, 5.74) is 4.69. The maximum Gasteiger partial charge on any atom is 0.294 e. The van der Waals surface area contributed by atoms with Gasteiger partial charge in [-0.2, -0.15) is 0 Å². The molecule has 0 bridgehead atoms. The third-order valence-electron chi connectivity index (χ3n) is 6.25. The SMILES string of the molecule is Cc1ccc(C)c(NC(=O)CN2C(=O)S/C(=C\c3cn(Cc4ccccc4F)c4ccccc34)C2=O)c1. The van der Waals surface area contributed by atoms with Crippen molar-refractivity contribution in [1.29, 1.82) is 0 Å². The lowest BCUT2D eigenvalue weighted by Gasteiger charge is -2.14. The van der Waals surface area contributed by atoms with Crippen LogP contribution in [0.4, 0.5) is 14.9 Å². The van der Waals surface area contributed by atoms with Crippen molar-refractivity contribution in [2.24, 2.45) is 0 Å². The molecule has 186 valence electrons. The molecule has 0 atom stereocenters. The summed E-state index contributed by atoms with van der Waals surface area (Å²) >= 11 is 0.804. The zero-order valence-corrected chi connectivity index (χ0v) is 21.1. The minimum atomic E-state index is -0.517. The number of fused-ring (bicyclic) bond motifs is 1. The van der Waals surface area contributed by atoms with Crippen LogP contribution >= 0.6 is 11.8 Å². The molecule has 1 aromatic heterocycles. The Kier molecular flexibility index (Phi) is 6.67. The van der Waals surface area contributed by atoms with Gasteiger partial charge in [-0.05, 0) is 61.0 Å². The molecule has 4 aromatic rings. The quantitative estimate of drug-likeness (QED) is 0.315. The number of rotatable bonds is 6. The number of nitrogens with zero attached hydrogens (tertiary/aromatic N) is 2. The lowest BCUT2D eigenvalue weighted by atomic mass is 10.1. The maximum atomic E-state index is 14.3. The van der Waals surface area contributed by atoms with Gasteiger partial charge in [0.1, 0.15) is 12.4 Å². The molecule has 1 saturated heterocycles. The Bertz CT molecular complexity index is 1590. The maximum absolute atomic E-state index is 14.3. The summed E-state index contributed by atoms with van der Waals surface area (Å²) in [6.07, 6.45) is 3.51. The van der Waals surface area contributed by atoms with Crippen LogP contribution in [0, 0.1) is 19.7 Å². The van der Waals surface area contributed by atoms with E-state index in [0.29, 0.717) is 17.8 Å². The molecule has 1 aliphatic rings.